The van der Waals surface area contributed by atoms with E-state index in [-0.39, 0.29) is 23.0 Å². The summed E-state index contributed by atoms with van der Waals surface area (Å²) in [6.45, 7) is 0. The largest absolute Gasteiger partial charge is 0.497 e. The van der Waals surface area contributed by atoms with Gasteiger partial charge in [-0.1, -0.05) is 5.92 Å². The fraction of sp³-hybridized carbons (Fsp3) is 0.133. The van der Waals surface area contributed by atoms with Gasteiger partial charge in [0.2, 0.25) is 0 Å². The summed E-state index contributed by atoms with van der Waals surface area (Å²) in [6.07, 6.45) is 0. The summed E-state index contributed by atoms with van der Waals surface area (Å²) in [4.78, 5) is 23.1. The lowest BCUT2D eigenvalue weighted by molar-refractivity contribution is 0.0961. The van der Waals surface area contributed by atoms with Crippen LogP contribution in [0.1, 0.15) is 32.0 Å². The lowest BCUT2D eigenvalue weighted by Crippen LogP contribution is -2.17. The normalized spacial score (nSPS) is 9.65. The van der Waals surface area contributed by atoms with Crippen molar-refractivity contribution in [1.29, 1.82) is 0 Å². The first-order valence-electron chi connectivity index (χ1n) is 6.53. The highest BCUT2D eigenvalue weighted by Gasteiger charge is 2.14. The summed E-state index contributed by atoms with van der Waals surface area (Å²) in [5, 5.41) is 8.77. The Bertz CT molecular complexity index is 829. The Morgan fingerprint density at radius 3 is 2.65 bits per heavy atom. The Morgan fingerprint density at radius 1 is 1.30 bits per heavy atom. The van der Waals surface area contributed by atoms with E-state index >= 15 is 0 Å². The van der Waals surface area contributed by atoms with Crippen molar-refractivity contribution in [3.63, 3.8) is 0 Å². The van der Waals surface area contributed by atoms with Gasteiger partial charge in [-0.05, 0) is 24.1 Å². The number of aromatic nitrogens is 2. The van der Waals surface area contributed by atoms with Gasteiger partial charge >= 0.3 is 0 Å². The number of amides is 2. The molecule has 0 bridgehead atoms. The van der Waals surface area contributed by atoms with E-state index in [1.54, 1.807) is 18.2 Å². The maximum absolute atomic E-state index is 11.7. The molecular weight excluding hydrogens is 298 g/mol. The first kappa shape index (κ1) is 15.9. The van der Waals surface area contributed by atoms with Crippen LogP contribution in [-0.4, -0.2) is 36.2 Å². The molecule has 0 aliphatic heterocycles. The number of carbonyl (C=O) groups excluding carboxylic acids is 2. The quantitative estimate of drug-likeness (QED) is 0.585. The number of H-pyrrole nitrogens is 1. The first-order valence-corrected chi connectivity index (χ1v) is 6.53. The van der Waals surface area contributed by atoms with Crippen LogP contribution in [0, 0.1) is 11.8 Å². The predicted octanol–water partition coefficient (Wildman–Crippen LogP) is -0.141. The summed E-state index contributed by atoms with van der Waals surface area (Å²) in [7, 11) is 3.01. The SMILES string of the molecule is CNC(=O)c1cc(C#Cc2[nH]nc(N)c2C(N)=O)cc(OC)c1. The molecular formula is C15H15N5O3. The second-order valence-corrected chi connectivity index (χ2v) is 4.50. The Kier molecular flexibility index (Phi) is 4.52. The number of carbonyl (C=O) groups is 2. The highest BCUT2D eigenvalue weighted by molar-refractivity contribution is 5.99. The lowest BCUT2D eigenvalue weighted by atomic mass is 10.1. The number of nitrogens with zero attached hydrogens (tertiary/aromatic N) is 1. The topological polar surface area (TPSA) is 136 Å². The van der Waals surface area contributed by atoms with Crippen molar-refractivity contribution in [2.75, 3.05) is 19.9 Å². The molecule has 2 aromatic rings. The summed E-state index contributed by atoms with van der Waals surface area (Å²) in [5.41, 5.74) is 12.0. The number of primary amides is 1. The molecule has 2 rings (SSSR count). The van der Waals surface area contributed by atoms with Crippen LogP contribution in [0.15, 0.2) is 18.2 Å². The van der Waals surface area contributed by atoms with E-state index in [0.29, 0.717) is 16.9 Å². The molecule has 0 saturated carbocycles. The molecule has 0 unspecified atom stereocenters. The van der Waals surface area contributed by atoms with Gasteiger partial charge in [-0.3, -0.25) is 14.7 Å². The van der Waals surface area contributed by atoms with E-state index in [1.165, 1.54) is 14.2 Å². The van der Waals surface area contributed by atoms with Crippen molar-refractivity contribution in [3.05, 3.63) is 40.6 Å². The number of benzene rings is 1. The molecule has 0 saturated heterocycles. The summed E-state index contributed by atoms with van der Waals surface area (Å²) < 4.78 is 5.15. The molecule has 0 aliphatic rings. The number of methoxy groups -OCH3 is 1. The van der Waals surface area contributed by atoms with Crippen LogP contribution < -0.4 is 21.5 Å². The Balaban J connectivity index is 2.45. The van der Waals surface area contributed by atoms with Gasteiger partial charge in [0.25, 0.3) is 11.8 Å². The third kappa shape index (κ3) is 3.41. The maximum Gasteiger partial charge on any atom is 0.255 e. The van der Waals surface area contributed by atoms with Gasteiger partial charge < -0.3 is 21.5 Å². The summed E-state index contributed by atoms with van der Waals surface area (Å²) in [6, 6.07) is 4.84. The van der Waals surface area contributed by atoms with Gasteiger partial charge in [0, 0.05) is 18.2 Å². The number of nitrogens with two attached hydrogens (primary N) is 2. The van der Waals surface area contributed by atoms with E-state index in [4.69, 9.17) is 16.2 Å². The summed E-state index contributed by atoms with van der Waals surface area (Å²) in [5.74, 6) is 5.02. The van der Waals surface area contributed by atoms with Gasteiger partial charge in [0.15, 0.2) is 5.82 Å². The van der Waals surface area contributed by atoms with Crippen molar-refractivity contribution < 1.29 is 14.3 Å². The van der Waals surface area contributed by atoms with Crippen molar-refractivity contribution in [3.8, 4) is 17.6 Å². The molecule has 6 N–H and O–H groups in total. The van der Waals surface area contributed by atoms with Crippen LogP contribution in [0.5, 0.6) is 5.75 Å². The average molecular weight is 313 g/mol. The summed E-state index contributed by atoms with van der Waals surface area (Å²) >= 11 is 0. The van der Waals surface area contributed by atoms with Crippen LogP contribution in [0.2, 0.25) is 0 Å². The van der Waals surface area contributed by atoms with Crippen LogP contribution in [0.25, 0.3) is 0 Å². The minimum atomic E-state index is -0.725. The zero-order valence-corrected chi connectivity index (χ0v) is 12.6. The molecule has 0 aliphatic carbocycles. The predicted molar refractivity (Wildman–Crippen MR) is 83.9 cm³/mol. The third-order valence-electron chi connectivity index (χ3n) is 3.00. The van der Waals surface area contributed by atoms with E-state index < -0.39 is 5.91 Å². The molecule has 1 aromatic carbocycles. The Morgan fingerprint density at radius 2 is 2.04 bits per heavy atom. The van der Waals surface area contributed by atoms with Gasteiger partial charge in [-0.15, -0.1) is 0 Å². The van der Waals surface area contributed by atoms with Crippen LogP contribution in [0.3, 0.4) is 0 Å². The lowest BCUT2D eigenvalue weighted by Gasteiger charge is -2.05. The minimum absolute atomic E-state index is 0.0153. The van der Waals surface area contributed by atoms with E-state index in [2.05, 4.69) is 27.4 Å². The number of rotatable bonds is 3. The number of hydrogen-bond donors (Lipinski definition) is 4. The molecule has 8 nitrogen and oxygen atoms in total. The molecule has 0 fully saturated rings. The second-order valence-electron chi connectivity index (χ2n) is 4.50. The van der Waals surface area contributed by atoms with Gasteiger partial charge in [0.05, 0.1) is 7.11 Å². The van der Waals surface area contributed by atoms with Gasteiger partial charge in [-0.25, -0.2) is 0 Å². The number of hydrogen-bond acceptors (Lipinski definition) is 5. The molecule has 0 spiro atoms. The Labute approximate surface area is 132 Å². The average Bonchev–Trinajstić information content (AvgIpc) is 2.92. The van der Waals surface area contributed by atoms with E-state index in [9.17, 15) is 9.59 Å². The Hall–Kier alpha value is -3.47. The number of aromatic amines is 1. The zero-order chi connectivity index (χ0) is 17.0. The molecule has 23 heavy (non-hydrogen) atoms. The zero-order valence-electron chi connectivity index (χ0n) is 12.6. The van der Waals surface area contributed by atoms with Crippen molar-refractivity contribution in [2.45, 2.75) is 0 Å². The first-order chi connectivity index (χ1) is 11.0. The van der Waals surface area contributed by atoms with Crippen LogP contribution in [0.4, 0.5) is 5.82 Å². The third-order valence-corrected chi connectivity index (χ3v) is 3.00. The highest BCUT2D eigenvalue weighted by atomic mass is 16.5. The number of nitrogen functional groups attached to an aromatic ring is 1. The number of ether oxygens (including phenoxy) is 1. The molecule has 0 atom stereocenters. The van der Waals surface area contributed by atoms with Crippen molar-refractivity contribution in [1.82, 2.24) is 15.5 Å². The van der Waals surface area contributed by atoms with Crippen LogP contribution in [-0.2, 0) is 0 Å². The van der Waals surface area contributed by atoms with Crippen molar-refractivity contribution >= 4 is 17.6 Å². The fourth-order valence-electron chi connectivity index (χ4n) is 1.90. The van der Waals surface area contributed by atoms with Crippen molar-refractivity contribution in [2.24, 2.45) is 5.73 Å². The smallest absolute Gasteiger partial charge is 0.255 e. The molecule has 0 radical (unpaired) electrons. The monoisotopic (exact) mass is 313 g/mol. The highest BCUT2D eigenvalue weighted by Crippen LogP contribution is 2.17. The fourth-order valence-corrected chi connectivity index (χ4v) is 1.90. The maximum atomic E-state index is 11.7. The molecule has 1 aromatic heterocycles. The van der Waals surface area contributed by atoms with E-state index in [0.717, 1.165) is 0 Å². The number of anilines is 1. The number of nitrogens with one attached hydrogen (secondary N) is 2. The van der Waals surface area contributed by atoms with E-state index in [1.807, 2.05) is 0 Å². The molecule has 1 heterocycles. The van der Waals surface area contributed by atoms with Crippen LogP contribution >= 0.6 is 0 Å². The second kappa shape index (κ2) is 6.53. The standard InChI is InChI=1S/C15H15N5O3/c1-18-15(22)9-5-8(6-10(7-9)23-2)3-4-11-12(14(17)21)13(16)20-19-11/h5-7H,1-2H3,(H2,17,21)(H,18,22)(H3,16,19,20). The van der Waals surface area contributed by atoms with Gasteiger partial charge in [0.1, 0.15) is 17.0 Å². The minimum Gasteiger partial charge on any atom is -0.497 e. The van der Waals surface area contributed by atoms with Gasteiger partial charge in [-0.2, -0.15) is 5.10 Å². The molecule has 118 valence electrons. The molecule has 2 amide bonds. The molecule has 8 heteroatoms.